The third kappa shape index (κ3) is 5.20. The molecule has 0 fully saturated rings. The van der Waals surface area contributed by atoms with Crippen LogP contribution in [0.25, 0.3) is 0 Å². The van der Waals surface area contributed by atoms with Crippen LogP contribution in [-0.2, 0) is 0 Å². The lowest BCUT2D eigenvalue weighted by Gasteiger charge is -2.17. The predicted octanol–water partition coefficient (Wildman–Crippen LogP) is 4.43. The summed E-state index contributed by atoms with van der Waals surface area (Å²) in [4.78, 5) is 11.9. The number of hydrazone groups is 1. The molecule has 0 bridgehead atoms. The number of hydrogen-bond acceptors (Lipinski definition) is 4. The largest absolute Gasteiger partial charge is 0.493 e. The van der Waals surface area contributed by atoms with Gasteiger partial charge in [0.25, 0.3) is 5.91 Å². The zero-order chi connectivity index (χ0) is 19.1. The van der Waals surface area contributed by atoms with E-state index < -0.39 is 11.7 Å². The van der Waals surface area contributed by atoms with Crippen LogP contribution in [0.1, 0.15) is 36.2 Å². The minimum atomic E-state index is -0.448. The van der Waals surface area contributed by atoms with Gasteiger partial charge in [0.05, 0.1) is 24.5 Å². The molecule has 0 aliphatic carbocycles. The molecule has 0 aliphatic rings. The molecule has 2 rings (SSSR count). The van der Waals surface area contributed by atoms with Gasteiger partial charge in [0.1, 0.15) is 5.82 Å². The first kappa shape index (κ1) is 19.7. The average molecular weight is 379 g/mol. The quantitative estimate of drug-likeness (QED) is 0.572. The molecule has 7 heteroatoms. The zero-order valence-corrected chi connectivity index (χ0v) is 15.5. The molecule has 0 radical (unpaired) electrons. The number of halogens is 2. The number of nitrogens with one attached hydrogen (secondary N) is 1. The van der Waals surface area contributed by atoms with Gasteiger partial charge < -0.3 is 9.47 Å². The van der Waals surface area contributed by atoms with Crippen LogP contribution >= 0.6 is 11.6 Å². The summed E-state index contributed by atoms with van der Waals surface area (Å²) in [6.45, 7) is 3.95. The summed E-state index contributed by atoms with van der Waals surface area (Å²) in [5.41, 5.74) is 3.30. The van der Waals surface area contributed by atoms with Crippen molar-refractivity contribution in [3.05, 3.63) is 58.4 Å². The van der Waals surface area contributed by atoms with Crippen LogP contribution in [0, 0.1) is 5.82 Å². The van der Waals surface area contributed by atoms with Crippen LogP contribution < -0.4 is 14.9 Å². The highest BCUT2D eigenvalue weighted by Gasteiger charge is 2.14. The van der Waals surface area contributed by atoms with Crippen LogP contribution in [0.2, 0.25) is 5.02 Å². The predicted molar refractivity (Wildman–Crippen MR) is 99.8 cm³/mol. The summed E-state index contributed by atoms with van der Waals surface area (Å²) < 4.78 is 24.0. The SMILES string of the molecule is CCC(C)Oc1c(Cl)cc(C=NNC(=O)c2ccc(F)cc2)cc1OC. The Kier molecular flexibility index (Phi) is 6.97. The van der Waals surface area contributed by atoms with Crippen molar-refractivity contribution in [3.63, 3.8) is 0 Å². The van der Waals surface area contributed by atoms with Gasteiger partial charge in [0.2, 0.25) is 0 Å². The standard InChI is InChI=1S/C19H20ClFN2O3/c1-4-12(2)26-18-16(20)9-13(10-17(18)25-3)11-22-23-19(24)14-5-7-15(21)8-6-14/h5-12H,4H2,1-3H3,(H,23,24). The Bertz CT molecular complexity index is 794. The second kappa shape index (κ2) is 9.20. The molecule has 0 aliphatic heterocycles. The molecule has 0 spiro atoms. The molecule has 1 atom stereocenters. The molecule has 2 aromatic rings. The van der Waals surface area contributed by atoms with Crippen molar-refractivity contribution in [2.24, 2.45) is 5.10 Å². The van der Waals surface area contributed by atoms with E-state index in [0.29, 0.717) is 27.6 Å². The summed E-state index contributed by atoms with van der Waals surface area (Å²) in [6.07, 6.45) is 2.26. The molecule has 2 aromatic carbocycles. The van der Waals surface area contributed by atoms with E-state index in [9.17, 15) is 9.18 Å². The van der Waals surface area contributed by atoms with Gasteiger partial charge in [-0.2, -0.15) is 5.10 Å². The lowest BCUT2D eigenvalue weighted by Crippen LogP contribution is -2.17. The number of nitrogens with zero attached hydrogens (tertiary/aromatic N) is 1. The molecular weight excluding hydrogens is 359 g/mol. The fourth-order valence-corrected chi connectivity index (χ4v) is 2.31. The lowest BCUT2D eigenvalue weighted by molar-refractivity contribution is 0.0955. The van der Waals surface area contributed by atoms with Crippen LogP contribution in [0.15, 0.2) is 41.5 Å². The fourth-order valence-electron chi connectivity index (χ4n) is 2.04. The van der Waals surface area contributed by atoms with E-state index in [1.807, 2.05) is 13.8 Å². The molecule has 1 amide bonds. The first-order valence-corrected chi connectivity index (χ1v) is 8.45. The number of ether oxygens (including phenoxy) is 2. The summed E-state index contributed by atoms with van der Waals surface area (Å²) in [5.74, 6) is 0.0858. The molecule has 0 saturated heterocycles. The summed E-state index contributed by atoms with van der Waals surface area (Å²) >= 11 is 6.28. The Morgan fingerprint density at radius 2 is 2.04 bits per heavy atom. The van der Waals surface area contributed by atoms with Crippen molar-refractivity contribution in [3.8, 4) is 11.5 Å². The fraction of sp³-hybridized carbons (Fsp3) is 0.263. The minimum Gasteiger partial charge on any atom is -0.493 e. The number of hydrogen-bond donors (Lipinski definition) is 1. The zero-order valence-electron chi connectivity index (χ0n) is 14.8. The van der Waals surface area contributed by atoms with Gasteiger partial charge in [-0.05, 0) is 55.3 Å². The van der Waals surface area contributed by atoms with E-state index in [1.54, 1.807) is 12.1 Å². The summed E-state index contributed by atoms with van der Waals surface area (Å²) in [5, 5.41) is 4.28. The van der Waals surface area contributed by atoms with E-state index in [-0.39, 0.29) is 6.10 Å². The molecule has 0 saturated carbocycles. The van der Waals surface area contributed by atoms with Gasteiger partial charge in [0, 0.05) is 5.56 Å². The van der Waals surface area contributed by atoms with Gasteiger partial charge in [-0.25, -0.2) is 9.82 Å². The van der Waals surface area contributed by atoms with Crippen molar-refractivity contribution in [2.75, 3.05) is 7.11 Å². The van der Waals surface area contributed by atoms with Gasteiger partial charge >= 0.3 is 0 Å². The Morgan fingerprint density at radius 1 is 1.35 bits per heavy atom. The second-order valence-electron chi connectivity index (χ2n) is 5.58. The first-order valence-electron chi connectivity index (χ1n) is 8.07. The van der Waals surface area contributed by atoms with Crippen molar-refractivity contribution in [2.45, 2.75) is 26.4 Å². The molecular formula is C19H20ClFN2O3. The minimum absolute atomic E-state index is 0.00378. The maximum Gasteiger partial charge on any atom is 0.271 e. The molecule has 1 N–H and O–H groups in total. The van der Waals surface area contributed by atoms with Crippen molar-refractivity contribution >= 4 is 23.7 Å². The van der Waals surface area contributed by atoms with Crippen LogP contribution in [0.5, 0.6) is 11.5 Å². The smallest absolute Gasteiger partial charge is 0.271 e. The highest BCUT2D eigenvalue weighted by molar-refractivity contribution is 6.32. The van der Waals surface area contributed by atoms with Gasteiger partial charge in [-0.15, -0.1) is 0 Å². The van der Waals surface area contributed by atoms with E-state index in [2.05, 4.69) is 10.5 Å². The van der Waals surface area contributed by atoms with Gasteiger partial charge in [0.15, 0.2) is 11.5 Å². The van der Waals surface area contributed by atoms with Crippen LogP contribution in [-0.4, -0.2) is 25.3 Å². The van der Waals surface area contributed by atoms with E-state index in [0.717, 1.165) is 6.42 Å². The molecule has 26 heavy (non-hydrogen) atoms. The van der Waals surface area contributed by atoms with Crippen molar-refractivity contribution in [1.82, 2.24) is 5.43 Å². The number of amides is 1. The number of benzene rings is 2. The van der Waals surface area contributed by atoms with E-state index in [1.165, 1.54) is 37.6 Å². The number of carbonyl (C=O) groups is 1. The summed E-state index contributed by atoms with van der Waals surface area (Å²) in [6, 6.07) is 8.53. The molecule has 0 aromatic heterocycles. The van der Waals surface area contributed by atoms with E-state index in [4.69, 9.17) is 21.1 Å². The van der Waals surface area contributed by atoms with Crippen LogP contribution in [0.4, 0.5) is 4.39 Å². The van der Waals surface area contributed by atoms with Gasteiger partial charge in [-0.1, -0.05) is 18.5 Å². The molecule has 0 heterocycles. The van der Waals surface area contributed by atoms with Crippen molar-refractivity contribution < 1.29 is 18.7 Å². The Labute approximate surface area is 156 Å². The maximum atomic E-state index is 12.9. The van der Waals surface area contributed by atoms with Crippen molar-refractivity contribution in [1.29, 1.82) is 0 Å². The Balaban J connectivity index is 2.11. The first-order chi connectivity index (χ1) is 12.4. The number of carbonyl (C=O) groups excluding carboxylic acids is 1. The molecule has 5 nitrogen and oxygen atoms in total. The normalized spacial score (nSPS) is 12.0. The number of methoxy groups -OCH3 is 1. The average Bonchev–Trinajstić information content (AvgIpc) is 2.63. The second-order valence-corrected chi connectivity index (χ2v) is 5.98. The van der Waals surface area contributed by atoms with E-state index >= 15 is 0 Å². The number of rotatable bonds is 7. The molecule has 138 valence electrons. The van der Waals surface area contributed by atoms with Crippen LogP contribution in [0.3, 0.4) is 0 Å². The monoisotopic (exact) mass is 378 g/mol. The maximum absolute atomic E-state index is 12.9. The highest BCUT2D eigenvalue weighted by atomic mass is 35.5. The Hall–Kier alpha value is -2.60. The lowest BCUT2D eigenvalue weighted by atomic mass is 10.2. The highest BCUT2D eigenvalue weighted by Crippen LogP contribution is 2.37. The topological polar surface area (TPSA) is 59.9 Å². The van der Waals surface area contributed by atoms with Gasteiger partial charge in [-0.3, -0.25) is 4.79 Å². The summed E-state index contributed by atoms with van der Waals surface area (Å²) in [7, 11) is 1.52. The third-order valence-corrected chi connectivity index (χ3v) is 3.91. The molecule has 1 unspecified atom stereocenters. The Morgan fingerprint density at radius 3 is 2.65 bits per heavy atom. The third-order valence-electron chi connectivity index (χ3n) is 3.63.